The number of benzene rings is 4. The number of carbonyl (C=O) groups excluding carboxylic acids is 2. The Morgan fingerprint density at radius 3 is 1.37 bits per heavy atom. The van der Waals surface area contributed by atoms with E-state index in [-0.39, 0.29) is 24.7 Å². The number of rotatable bonds is 21. The summed E-state index contributed by atoms with van der Waals surface area (Å²) in [6, 6.07) is 27.3. The molecule has 68 heavy (non-hydrogen) atoms. The van der Waals surface area contributed by atoms with Crippen LogP contribution in [0.3, 0.4) is 0 Å². The molecule has 2 aliphatic rings. The van der Waals surface area contributed by atoms with Gasteiger partial charge in [0.1, 0.15) is 35.2 Å². The Hall–Kier alpha value is -6.34. The second-order valence-electron chi connectivity index (χ2n) is 15.9. The molecule has 18 heteroatoms. The molecule has 2 amide bonds. The number of nitrogens with one attached hydrogen (secondary N) is 2. The highest BCUT2D eigenvalue weighted by atomic mass is 32.2. The summed E-state index contributed by atoms with van der Waals surface area (Å²) < 4.78 is 27.0. The molecule has 354 valence electrons. The summed E-state index contributed by atoms with van der Waals surface area (Å²) in [5, 5.41) is 23.5. The molecule has 2 aromatic heterocycles. The van der Waals surface area contributed by atoms with Gasteiger partial charge in [0.2, 0.25) is 11.8 Å². The van der Waals surface area contributed by atoms with Gasteiger partial charge in [0.25, 0.3) is 0 Å². The van der Waals surface area contributed by atoms with Crippen molar-refractivity contribution in [1.82, 2.24) is 40.2 Å². The number of aryl methyl sites for hydroxylation is 2. The quantitative estimate of drug-likeness (QED) is 0.0547. The molecule has 0 spiro atoms. The molecule has 0 aliphatic carbocycles. The zero-order chi connectivity index (χ0) is 47.6. The normalized spacial score (nSPS) is 14.9. The van der Waals surface area contributed by atoms with E-state index in [0.717, 1.165) is 66.3 Å². The molecule has 6 aromatic rings. The number of fused-ring (bicyclic) bond motifs is 6. The molecule has 2 atom stereocenters. The minimum Gasteiger partial charge on any atom is -0.497 e. The topological polar surface area (TPSA) is 181 Å². The van der Waals surface area contributed by atoms with Gasteiger partial charge in [-0.3, -0.25) is 28.7 Å². The Morgan fingerprint density at radius 1 is 0.574 bits per heavy atom. The molecule has 8 rings (SSSR count). The van der Waals surface area contributed by atoms with Gasteiger partial charge in [-0.15, -0.1) is 43.9 Å². The maximum atomic E-state index is 12.8. The number of aliphatic imine (C=N–C) groups is 2. The van der Waals surface area contributed by atoms with Crippen LogP contribution in [0.15, 0.2) is 105 Å². The Bertz CT molecular complexity index is 2600. The van der Waals surface area contributed by atoms with E-state index < -0.39 is 12.1 Å². The van der Waals surface area contributed by atoms with Crippen LogP contribution in [0.2, 0.25) is 0 Å². The number of methoxy groups -OCH3 is 2. The second kappa shape index (κ2) is 22.6. The minimum atomic E-state index is -0.527. The van der Waals surface area contributed by atoms with Crippen molar-refractivity contribution < 1.29 is 28.5 Å². The summed E-state index contributed by atoms with van der Waals surface area (Å²) in [5.41, 5.74) is 6.89. The second-order valence-corrected chi connectivity index (χ2v) is 18.3. The van der Waals surface area contributed by atoms with E-state index >= 15 is 0 Å². The molecule has 4 aromatic carbocycles. The van der Waals surface area contributed by atoms with E-state index in [0.29, 0.717) is 74.3 Å². The van der Waals surface area contributed by atoms with Crippen molar-refractivity contribution in [1.29, 1.82) is 0 Å². The van der Waals surface area contributed by atoms with Gasteiger partial charge in [-0.05, 0) is 88.4 Å². The monoisotopic (exact) mass is 956 g/mol. The smallest absolute Gasteiger partial charge is 0.222 e. The van der Waals surface area contributed by atoms with Gasteiger partial charge in [-0.1, -0.05) is 24.3 Å². The SMILES string of the molecule is CCNC(=O)C[C@@H]1N=C(c2ccc(SCCOCCOCCSc3ccc(C4=N[C@@H](CC(=O)NCC)c5nnc(C)n5-c5ccc(OC)cc54)cc3)cc2)c2cc(OC)ccc2-n2c(C)nnc21. The van der Waals surface area contributed by atoms with Crippen molar-refractivity contribution in [3.05, 3.63) is 130 Å². The summed E-state index contributed by atoms with van der Waals surface area (Å²) in [6.07, 6.45) is 0.299. The standard InChI is InChI=1S/C50H56N10O6S2/c1-7-51-45(61)29-41-49-57-55-31(3)59(49)43-19-13-35(63-5)27-39(43)47(53-41)33-9-15-37(16-10-33)67-25-23-65-21-22-66-24-26-68-38-17-11-34(12-18-38)48-40-28-36(64-6)14-20-44(40)60-32(4)56-58-50(60)42(54-48)30-46(62)52-8-2/h9-20,27-28,41-42H,7-8,21-26,29-30H2,1-6H3,(H,51,61)(H,52,62)/t41-,42-/m0/s1. The number of hydrogen-bond acceptors (Lipinski definition) is 14. The molecule has 0 unspecified atom stereocenters. The molecule has 16 nitrogen and oxygen atoms in total. The van der Waals surface area contributed by atoms with Crippen LogP contribution in [0.1, 0.15) is 84.3 Å². The van der Waals surface area contributed by atoms with Crippen LogP contribution in [-0.4, -0.2) is 118 Å². The van der Waals surface area contributed by atoms with Gasteiger partial charge in [0.15, 0.2) is 11.6 Å². The molecule has 0 bridgehead atoms. The van der Waals surface area contributed by atoms with Crippen molar-refractivity contribution in [3.8, 4) is 22.9 Å². The van der Waals surface area contributed by atoms with E-state index in [4.69, 9.17) is 28.9 Å². The van der Waals surface area contributed by atoms with E-state index in [9.17, 15) is 9.59 Å². The van der Waals surface area contributed by atoms with E-state index in [2.05, 4.69) is 79.6 Å². The molecular weight excluding hydrogens is 901 g/mol. The predicted octanol–water partition coefficient (Wildman–Crippen LogP) is 7.24. The highest BCUT2D eigenvalue weighted by molar-refractivity contribution is 7.99. The summed E-state index contributed by atoms with van der Waals surface area (Å²) in [7, 11) is 3.29. The first-order valence-electron chi connectivity index (χ1n) is 22.7. The zero-order valence-corrected chi connectivity index (χ0v) is 40.8. The number of carbonyl (C=O) groups is 2. The largest absolute Gasteiger partial charge is 0.497 e. The molecule has 0 saturated heterocycles. The lowest BCUT2D eigenvalue weighted by molar-refractivity contribution is -0.122. The molecule has 0 fully saturated rings. The van der Waals surface area contributed by atoms with Crippen LogP contribution in [0, 0.1) is 13.8 Å². The maximum absolute atomic E-state index is 12.8. The lowest BCUT2D eigenvalue weighted by atomic mass is 10.00. The lowest BCUT2D eigenvalue weighted by Gasteiger charge is -2.14. The predicted molar refractivity (Wildman–Crippen MR) is 265 cm³/mol. The van der Waals surface area contributed by atoms with Gasteiger partial charge in [-0.2, -0.15) is 0 Å². The average molecular weight is 957 g/mol. The van der Waals surface area contributed by atoms with Crippen LogP contribution < -0.4 is 20.1 Å². The molecule has 2 aliphatic heterocycles. The van der Waals surface area contributed by atoms with Gasteiger partial charge in [0, 0.05) is 56.6 Å². The third-order valence-electron chi connectivity index (χ3n) is 11.4. The number of amides is 2. The maximum Gasteiger partial charge on any atom is 0.222 e. The van der Waals surface area contributed by atoms with Crippen LogP contribution in [-0.2, 0) is 19.1 Å². The van der Waals surface area contributed by atoms with Gasteiger partial charge >= 0.3 is 0 Å². The lowest BCUT2D eigenvalue weighted by Crippen LogP contribution is -2.25. The molecule has 2 N–H and O–H groups in total. The van der Waals surface area contributed by atoms with Crippen molar-refractivity contribution in [2.75, 3.05) is 65.2 Å². The Labute approximate surface area is 404 Å². The van der Waals surface area contributed by atoms with Crippen molar-refractivity contribution in [2.24, 2.45) is 9.98 Å². The fourth-order valence-electron chi connectivity index (χ4n) is 8.20. The number of thioether (sulfide) groups is 2. The highest BCUT2D eigenvalue weighted by Gasteiger charge is 2.32. The summed E-state index contributed by atoms with van der Waals surface area (Å²) >= 11 is 3.44. The van der Waals surface area contributed by atoms with Crippen LogP contribution in [0.25, 0.3) is 11.4 Å². The number of hydrogen-bond donors (Lipinski definition) is 2. The van der Waals surface area contributed by atoms with Crippen LogP contribution in [0.5, 0.6) is 11.5 Å². The molecule has 4 heterocycles. The highest BCUT2D eigenvalue weighted by Crippen LogP contribution is 2.37. The third kappa shape index (κ3) is 11.0. The summed E-state index contributed by atoms with van der Waals surface area (Å²) in [4.78, 5) is 38.2. The summed E-state index contributed by atoms with van der Waals surface area (Å²) in [6.45, 7) is 10.9. The summed E-state index contributed by atoms with van der Waals surface area (Å²) in [5.74, 6) is 5.47. The minimum absolute atomic E-state index is 0.0962. The van der Waals surface area contributed by atoms with Gasteiger partial charge < -0.3 is 29.6 Å². The average Bonchev–Trinajstić information content (AvgIpc) is 3.85. The molecule has 0 radical (unpaired) electrons. The number of ether oxygens (including phenoxy) is 4. The molecular formula is C50H56N10O6S2. The first kappa shape index (κ1) is 48.1. The number of nitrogens with zero attached hydrogens (tertiary/aromatic N) is 8. The zero-order valence-electron chi connectivity index (χ0n) is 39.2. The van der Waals surface area contributed by atoms with Crippen LogP contribution >= 0.6 is 23.5 Å². The Morgan fingerprint density at radius 2 is 0.985 bits per heavy atom. The van der Waals surface area contributed by atoms with E-state index in [1.54, 1.807) is 37.7 Å². The van der Waals surface area contributed by atoms with E-state index in [1.807, 2.05) is 73.2 Å². The van der Waals surface area contributed by atoms with E-state index in [1.165, 1.54) is 0 Å². The first-order valence-corrected chi connectivity index (χ1v) is 24.7. The fraction of sp³-hybridized carbons (Fsp3) is 0.360. The Kier molecular flexibility index (Phi) is 16.0. The third-order valence-corrected chi connectivity index (χ3v) is 13.3. The number of aromatic nitrogens is 6. The Balaban J connectivity index is 0.811. The van der Waals surface area contributed by atoms with Crippen molar-refractivity contribution in [2.45, 2.75) is 62.4 Å². The first-order chi connectivity index (χ1) is 33.2. The van der Waals surface area contributed by atoms with Crippen molar-refractivity contribution >= 4 is 46.8 Å². The van der Waals surface area contributed by atoms with Crippen molar-refractivity contribution in [3.63, 3.8) is 0 Å². The fourth-order valence-corrected chi connectivity index (χ4v) is 9.74. The van der Waals surface area contributed by atoms with Crippen LogP contribution in [0.4, 0.5) is 0 Å². The van der Waals surface area contributed by atoms with Gasteiger partial charge in [-0.25, -0.2) is 0 Å². The van der Waals surface area contributed by atoms with Gasteiger partial charge in [0.05, 0.1) is 76.3 Å². The molecule has 0 saturated carbocycles.